The summed E-state index contributed by atoms with van der Waals surface area (Å²) in [6.45, 7) is 2.54. The number of primary amides is 1. The molecular weight excluding hydrogens is 346 g/mol. The van der Waals surface area contributed by atoms with Gasteiger partial charge in [0.05, 0.1) is 23.5 Å². The van der Waals surface area contributed by atoms with Crippen molar-refractivity contribution < 1.29 is 14.4 Å². The fraction of sp³-hybridized carbons (Fsp3) is 0.316. The van der Waals surface area contributed by atoms with Crippen molar-refractivity contribution in [1.29, 1.82) is 0 Å². The van der Waals surface area contributed by atoms with Crippen LogP contribution in [-0.2, 0) is 9.59 Å². The van der Waals surface area contributed by atoms with Gasteiger partial charge in [-0.1, -0.05) is 13.0 Å². The lowest BCUT2D eigenvalue weighted by Crippen LogP contribution is -2.46. The summed E-state index contributed by atoms with van der Waals surface area (Å²) in [5.41, 5.74) is 6.52. The molecule has 8 nitrogen and oxygen atoms in total. The molecule has 27 heavy (non-hydrogen) atoms. The number of aromatic nitrogens is 2. The molecule has 1 aliphatic rings. The number of pyridine rings is 2. The molecule has 2 aromatic rings. The molecule has 0 bridgehead atoms. The Morgan fingerprint density at radius 3 is 2.70 bits per heavy atom. The van der Waals surface area contributed by atoms with Crippen LogP contribution in [0.3, 0.4) is 0 Å². The molecule has 3 N–H and O–H groups in total. The van der Waals surface area contributed by atoms with E-state index in [1.807, 2.05) is 12.1 Å². The summed E-state index contributed by atoms with van der Waals surface area (Å²) in [4.78, 5) is 46.2. The summed E-state index contributed by atoms with van der Waals surface area (Å²) in [5.74, 6) is -1.76. The minimum absolute atomic E-state index is 0.153. The van der Waals surface area contributed by atoms with Gasteiger partial charge in [-0.3, -0.25) is 24.4 Å². The van der Waals surface area contributed by atoms with Crippen LogP contribution in [0.1, 0.15) is 41.7 Å². The molecule has 0 aromatic carbocycles. The average molecular weight is 367 g/mol. The molecule has 2 atom stereocenters. The number of likely N-dealkylation sites (tertiary alicyclic amines) is 1. The van der Waals surface area contributed by atoms with E-state index in [0.29, 0.717) is 12.5 Å². The first-order valence-corrected chi connectivity index (χ1v) is 8.72. The van der Waals surface area contributed by atoms with Gasteiger partial charge in [0, 0.05) is 25.1 Å². The SMILES string of the molecule is CC1CCC(c2cccnc2)N(C(=O)C(=O)Nc2cncc(C(N)=O)c2)C1. The van der Waals surface area contributed by atoms with Crippen LogP contribution < -0.4 is 11.1 Å². The van der Waals surface area contributed by atoms with Crippen LogP contribution in [0.15, 0.2) is 43.0 Å². The van der Waals surface area contributed by atoms with Crippen molar-refractivity contribution in [3.63, 3.8) is 0 Å². The number of hydrogen-bond acceptors (Lipinski definition) is 5. The number of carbonyl (C=O) groups excluding carboxylic acids is 3. The van der Waals surface area contributed by atoms with Gasteiger partial charge in [-0.15, -0.1) is 0 Å². The van der Waals surface area contributed by atoms with Crippen molar-refractivity contribution in [3.8, 4) is 0 Å². The fourth-order valence-corrected chi connectivity index (χ4v) is 3.25. The Bertz CT molecular complexity index is 855. The molecule has 3 rings (SSSR count). The maximum absolute atomic E-state index is 12.8. The third kappa shape index (κ3) is 4.28. The topological polar surface area (TPSA) is 118 Å². The second-order valence-corrected chi connectivity index (χ2v) is 6.72. The van der Waals surface area contributed by atoms with Crippen LogP contribution in [0.25, 0.3) is 0 Å². The predicted octanol–water partition coefficient (Wildman–Crippen LogP) is 1.51. The Hall–Kier alpha value is -3.29. The zero-order valence-electron chi connectivity index (χ0n) is 15.0. The Morgan fingerprint density at radius 2 is 2.00 bits per heavy atom. The third-order valence-electron chi connectivity index (χ3n) is 4.62. The second kappa shape index (κ2) is 7.94. The van der Waals surface area contributed by atoms with E-state index in [-0.39, 0.29) is 17.3 Å². The summed E-state index contributed by atoms with van der Waals surface area (Å²) < 4.78 is 0. The molecule has 0 spiro atoms. The van der Waals surface area contributed by atoms with Crippen molar-refractivity contribution >= 4 is 23.4 Å². The van der Waals surface area contributed by atoms with Gasteiger partial charge in [0.25, 0.3) is 0 Å². The van der Waals surface area contributed by atoms with E-state index in [4.69, 9.17) is 5.73 Å². The number of amides is 3. The molecule has 8 heteroatoms. The standard InChI is InChI=1S/C19H21N5O3/c1-12-4-5-16(13-3-2-6-21-8-13)24(11-12)19(27)18(26)23-15-7-14(17(20)25)9-22-10-15/h2-3,6-10,12,16H,4-5,11H2,1H3,(H2,20,25)(H,23,26). The summed E-state index contributed by atoms with van der Waals surface area (Å²) in [6.07, 6.45) is 7.78. The van der Waals surface area contributed by atoms with Crippen molar-refractivity contribution in [3.05, 3.63) is 54.1 Å². The zero-order chi connectivity index (χ0) is 19.4. The molecule has 1 aliphatic heterocycles. The molecule has 140 valence electrons. The van der Waals surface area contributed by atoms with Crippen LogP contribution in [0.2, 0.25) is 0 Å². The first kappa shape index (κ1) is 18.5. The predicted molar refractivity (Wildman–Crippen MR) is 98.5 cm³/mol. The fourth-order valence-electron chi connectivity index (χ4n) is 3.25. The molecule has 0 radical (unpaired) electrons. The van der Waals surface area contributed by atoms with Crippen molar-refractivity contribution in [2.45, 2.75) is 25.8 Å². The maximum atomic E-state index is 12.8. The molecule has 2 aromatic heterocycles. The highest BCUT2D eigenvalue weighted by Crippen LogP contribution is 2.33. The Labute approximate surface area is 156 Å². The van der Waals surface area contributed by atoms with E-state index in [9.17, 15) is 14.4 Å². The average Bonchev–Trinajstić information content (AvgIpc) is 2.68. The maximum Gasteiger partial charge on any atom is 0.313 e. The highest BCUT2D eigenvalue weighted by atomic mass is 16.2. The lowest BCUT2D eigenvalue weighted by molar-refractivity contribution is -0.146. The smallest absolute Gasteiger partial charge is 0.313 e. The summed E-state index contributed by atoms with van der Waals surface area (Å²) in [6, 6.07) is 4.92. The van der Waals surface area contributed by atoms with E-state index in [1.165, 1.54) is 18.5 Å². The second-order valence-electron chi connectivity index (χ2n) is 6.72. The van der Waals surface area contributed by atoms with Crippen LogP contribution in [-0.4, -0.2) is 39.1 Å². The van der Waals surface area contributed by atoms with Gasteiger partial charge >= 0.3 is 11.8 Å². The molecule has 2 unspecified atom stereocenters. The quantitative estimate of drug-likeness (QED) is 0.797. The van der Waals surface area contributed by atoms with E-state index >= 15 is 0 Å². The number of nitrogens with zero attached hydrogens (tertiary/aromatic N) is 3. The number of piperidine rings is 1. The number of rotatable bonds is 3. The van der Waals surface area contributed by atoms with E-state index in [0.717, 1.165) is 18.4 Å². The Balaban J connectivity index is 1.78. The molecular formula is C19H21N5O3. The molecule has 0 aliphatic carbocycles. The number of carbonyl (C=O) groups is 3. The number of nitrogens with one attached hydrogen (secondary N) is 1. The lowest BCUT2D eigenvalue weighted by atomic mass is 9.90. The van der Waals surface area contributed by atoms with Crippen LogP contribution in [0.4, 0.5) is 5.69 Å². The van der Waals surface area contributed by atoms with Crippen molar-refractivity contribution in [2.24, 2.45) is 11.7 Å². The van der Waals surface area contributed by atoms with E-state index < -0.39 is 17.7 Å². The number of hydrogen-bond donors (Lipinski definition) is 2. The number of nitrogens with two attached hydrogens (primary N) is 1. The van der Waals surface area contributed by atoms with E-state index in [1.54, 1.807) is 17.3 Å². The van der Waals surface area contributed by atoms with Gasteiger partial charge in [0.15, 0.2) is 0 Å². The van der Waals surface area contributed by atoms with Gasteiger partial charge in [-0.25, -0.2) is 0 Å². The molecule has 3 amide bonds. The van der Waals surface area contributed by atoms with Crippen LogP contribution in [0, 0.1) is 5.92 Å². The van der Waals surface area contributed by atoms with Crippen molar-refractivity contribution in [1.82, 2.24) is 14.9 Å². The first-order chi connectivity index (χ1) is 13.0. The Kier molecular flexibility index (Phi) is 5.44. The molecule has 0 saturated carbocycles. The van der Waals surface area contributed by atoms with Gasteiger partial charge in [-0.2, -0.15) is 0 Å². The Morgan fingerprint density at radius 1 is 1.19 bits per heavy atom. The molecule has 1 fully saturated rings. The minimum atomic E-state index is -0.776. The first-order valence-electron chi connectivity index (χ1n) is 8.72. The van der Waals surface area contributed by atoms with Crippen molar-refractivity contribution in [2.75, 3.05) is 11.9 Å². The highest BCUT2D eigenvalue weighted by Gasteiger charge is 2.34. The summed E-state index contributed by atoms with van der Waals surface area (Å²) in [5, 5.41) is 2.51. The highest BCUT2D eigenvalue weighted by molar-refractivity contribution is 6.39. The molecule has 3 heterocycles. The lowest BCUT2D eigenvalue weighted by Gasteiger charge is -2.38. The third-order valence-corrected chi connectivity index (χ3v) is 4.62. The number of anilines is 1. The van der Waals surface area contributed by atoms with Gasteiger partial charge < -0.3 is 16.0 Å². The zero-order valence-corrected chi connectivity index (χ0v) is 15.0. The van der Waals surface area contributed by atoms with E-state index in [2.05, 4.69) is 22.2 Å². The normalized spacial score (nSPS) is 19.4. The minimum Gasteiger partial charge on any atom is -0.366 e. The van der Waals surface area contributed by atoms with Gasteiger partial charge in [0.2, 0.25) is 5.91 Å². The van der Waals surface area contributed by atoms with Gasteiger partial charge in [-0.05, 0) is 36.5 Å². The summed E-state index contributed by atoms with van der Waals surface area (Å²) >= 11 is 0. The monoisotopic (exact) mass is 367 g/mol. The van der Waals surface area contributed by atoms with Crippen LogP contribution in [0.5, 0.6) is 0 Å². The van der Waals surface area contributed by atoms with Gasteiger partial charge in [0.1, 0.15) is 0 Å². The van der Waals surface area contributed by atoms with Crippen LogP contribution >= 0.6 is 0 Å². The summed E-state index contributed by atoms with van der Waals surface area (Å²) in [7, 11) is 0. The molecule has 1 saturated heterocycles. The largest absolute Gasteiger partial charge is 0.366 e.